The fourth-order valence-electron chi connectivity index (χ4n) is 3.71. The lowest BCUT2D eigenvalue weighted by Gasteiger charge is -2.29. The van der Waals surface area contributed by atoms with Gasteiger partial charge in [0.05, 0.1) is 11.5 Å². The van der Waals surface area contributed by atoms with Crippen LogP contribution in [-0.4, -0.2) is 36.8 Å². The van der Waals surface area contributed by atoms with Crippen molar-refractivity contribution in [3.8, 4) is 0 Å². The smallest absolute Gasteiger partial charge is 0.230 e. The lowest BCUT2D eigenvalue weighted by molar-refractivity contribution is -0.126. The number of aliphatic hydroxyl groups is 1. The van der Waals surface area contributed by atoms with Crippen molar-refractivity contribution in [2.24, 2.45) is 5.92 Å². The molecule has 0 aromatic heterocycles. The third-order valence-corrected chi connectivity index (χ3v) is 5.12. The second kappa shape index (κ2) is 6.34. The lowest BCUT2D eigenvalue weighted by Crippen LogP contribution is -2.45. The summed E-state index contributed by atoms with van der Waals surface area (Å²) < 4.78 is 13.2. The van der Waals surface area contributed by atoms with Crippen molar-refractivity contribution in [3.05, 3.63) is 35.6 Å². The first-order valence-electron chi connectivity index (χ1n) is 8.05. The molecule has 2 aliphatic rings. The number of nitrogens with one attached hydrogen (secondary N) is 2. The van der Waals surface area contributed by atoms with Gasteiger partial charge in [0.15, 0.2) is 0 Å². The van der Waals surface area contributed by atoms with Crippen LogP contribution in [0.3, 0.4) is 0 Å². The molecule has 1 aromatic carbocycles. The zero-order valence-electron chi connectivity index (χ0n) is 12.6. The average Bonchev–Trinajstić information content (AvgIpc) is 3.15. The van der Waals surface area contributed by atoms with Crippen LogP contribution < -0.4 is 10.6 Å². The number of rotatable bonds is 4. The van der Waals surface area contributed by atoms with Crippen LogP contribution in [0.4, 0.5) is 4.39 Å². The molecule has 1 saturated carbocycles. The van der Waals surface area contributed by atoms with Crippen LogP contribution in [-0.2, 0) is 10.2 Å². The molecule has 1 aliphatic carbocycles. The maximum atomic E-state index is 13.2. The van der Waals surface area contributed by atoms with Gasteiger partial charge in [-0.05, 0) is 30.5 Å². The molecule has 5 heteroatoms. The van der Waals surface area contributed by atoms with Gasteiger partial charge in [0.25, 0.3) is 0 Å². The molecule has 0 spiro atoms. The van der Waals surface area contributed by atoms with E-state index in [1.54, 1.807) is 12.1 Å². The fraction of sp³-hybridized carbons (Fsp3) is 0.588. The van der Waals surface area contributed by atoms with Gasteiger partial charge in [0.2, 0.25) is 5.91 Å². The van der Waals surface area contributed by atoms with Crippen LogP contribution in [0.15, 0.2) is 24.3 Å². The van der Waals surface area contributed by atoms with Crippen molar-refractivity contribution < 1.29 is 14.3 Å². The molecule has 0 radical (unpaired) electrons. The fourth-order valence-corrected chi connectivity index (χ4v) is 3.71. The first kappa shape index (κ1) is 15.4. The van der Waals surface area contributed by atoms with Crippen LogP contribution in [0, 0.1) is 11.7 Å². The molecule has 2 unspecified atom stereocenters. The van der Waals surface area contributed by atoms with E-state index >= 15 is 0 Å². The van der Waals surface area contributed by atoms with Gasteiger partial charge < -0.3 is 15.7 Å². The van der Waals surface area contributed by atoms with Crippen LogP contribution in [0.25, 0.3) is 0 Å². The maximum absolute atomic E-state index is 13.2. The minimum Gasteiger partial charge on any atom is -0.391 e. The van der Waals surface area contributed by atoms with Crippen molar-refractivity contribution in [1.29, 1.82) is 0 Å². The molecule has 3 N–H and O–H groups in total. The standard InChI is InChI=1S/C17H23FN2O2/c18-14-5-3-13(4-6-14)17(7-1-2-8-17)16(22)20-10-12-9-19-11-15(12)21/h3-6,12,15,19,21H,1-2,7-11H2,(H,20,22). The Morgan fingerprint density at radius 3 is 2.55 bits per heavy atom. The predicted molar refractivity (Wildman–Crippen MR) is 81.9 cm³/mol. The summed E-state index contributed by atoms with van der Waals surface area (Å²) in [7, 11) is 0. The molecule has 3 rings (SSSR count). The normalized spacial score (nSPS) is 27.0. The highest BCUT2D eigenvalue weighted by atomic mass is 19.1. The number of carbonyl (C=O) groups excluding carboxylic acids is 1. The monoisotopic (exact) mass is 306 g/mol. The molecule has 1 aromatic rings. The van der Waals surface area contributed by atoms with Crippen LogP contribution in [0.5, 0.6) is 0 Å². The Hall–Kier alpha value is -1.46. The van der Waals surface area contributed by atoms with Crippen LogP contribution >= 0.6 is 0 Å². The number of β-amino-alcohol motifs (C(OH)–C–C–N with tert-alkyl or cyclic N) is 1. The van der Waals surface area contributed by atoms with Gasteiger partial charge in [-0.25, -0.2) is 4.39 Å². The summed E-state index contributed by atoms with van der Waals surface area (Å²) in [6.45, 7) is 1.80. The van der Waals surface area contributed by atoms with Crippen molar-refractivity contribution >= 4 is 5.91 Å². The van der Waals surface area contributed by atoms with E-state index in [0.29, 0.717) is 13.1 Å². The zero-order valence-corrected chi connectivity index (χ0v) is 12.6. The number of hydrogen-bond donors (Lipinski definition) is 3. The molecule has 22 heavy (non-hydrogen) atoms. The average molecular weight is 306 g/mol. The third-order valence-electron chi connectivity index (χ3n) is 5.12. The van der Waals surface area contributed by atoms with Gasteiger partial charge in [-0.2, -0.15) is 0 Å². The quantitative estimate of drug-likeness (QED) is 0.786. The summed E-state index contributed by atoms with van der Waals surface area (Å²) in [5.41, 5.74) is 0.360. The van der Waals surface area contributed by atoms with E-state index in [2.05, 4.69) is 10.6 Å². The molecule has 0 bridgehead atoms. The second-order valence-electron chi connectivity index (χ2n) is 6.49. The Balaban J connectivity index is 1.72. The molecule has 1 aliphatic heterocycles. The Labute approximate surface area is 130 Å². The van der Waals surface area contributed by atoms with Crippen LogP contribution in [0.2, 0.25) is 0 Å². The Morgan fingerprint density at radius 1 is 1.27 bits per heavy atom. The zero-order chi connectivity index (χ0) is 15.6. The number of amides is 1. The number of benzene rings is 1. The number of carbonyl (C=O) groups is 1. The molecule has 120 valence electrons. The first-order valence-corrected chi connectivity index (χ1v) is 8.05. The van der Waals surface area contributed by atoms with E-state index in [1.165, 1.54) is 12.1 Å². The van der Waals surface area contributed by atoms with E-state index in [4.69, 9.17) is 0 Å². The molecule has 1 heterocycles. The van der Waals surface area contributed by atoms with Gasteiger partial charge in [-0.15, -0.1) is 0 Å². The predicted octanol–water partition coefficient (Wildman–Crippen LogP) is 1.33. The Kier molecular flexibility index (Phi) is 4.45. The van der Waals surface area contributed by atoms with Crippen molar-refractivity contribution in [2.45, 2.75) is 37.2 Å². The summed E-state index contributed by atoms with van der Waals surface area (Å²) in [6, 6.07) is 6.30. The summed E-state index contributed by atoms with van der Waals surface area (Å²) in [5, 5.41) is 16.0. The maximum Gasteiger partial charge on any atom is 0.230 e. The van der Waals surface area contributed by atoms with Gasteiger partial charge in [0, 0.05) is 25.6 Å². The largest absolute Gasteiger partial charge is 0.391 e. The number of hydrogen-bond acceptors (Lipinski definition) is 3. The summed E-state index contributed by atoms with van der Waals surface area (Å²) in [6.07, 6.45) is 3.23. The molecular weight excluding hydrogens is 283 g/mol. The van der Waals surface area contributed by atoms with Gasteiger partial charge >= 0.3 is 0 Å². The van der Waals surface area contributed by atoms with E-state index in [0.717, 1.165) is 37.8 Å². The van der Waals surface area contributed by atoms with Crippen molar-refractivity contribution in [1.82, 2.24) is 10.6 Å². The number of aliphatic hydroxyl groups excluding tert-OH is 1. The first-order chi connectivity index (χ1) is 10.6. The lowest BCUT2D eigenvalue weighted by atomic mass is 9.78. The molecule has 2 fully saturated rings. The summed E-state index contributed by atoms with van der Waals surface area (Å²) >= 11 is 0. The van der Waals surface area contributed by atoms with Crippen molar-refractivity contribution in [2.75, 3.05) is 19.6 Å². The Bertz CT molecular complexity index is 526. The molecule has 2 atom stereocenters. The van der Waals surface area contributed by atoms with E-state index in [-0.39, 0.29) is 17.6 Å². The molecular formula is C17H23FN2O2. The SMILES string of the molecule is O=C(NCC1CNCC1O)C1(c2ccc(F)cc2)CCCC1. The van der Waals surface area contributed by atoms with Gasteiger partial charge in [-0.3, -0.25) is 4.79 Å². The number of halogens is 1. The highest BCUT2D eigenvalue weighted by Gasteiger charge is 2.42. The van der Waals surface area contributed by atoms with Crippen molar-refractivity contribution in [3.63, 3.8) is 0 Å². The highest BCUT2D eigenvalue weighted by Crippen LogP contribution is 2.41. The van der Waals surface area contributed by atoms with E-state index in [9.17, 15) is 14.3 Å². The molecule has 1 amide bonds. The minimum absolute atomic E-state index is 0.00991. The Morgan fingerprint density at radius 2 is 1.95 bits per heavy atom. The molecule has 4 nitrogen and oxygen atoms in total. The third kappa shape index (κ3) is 2.88. The minimum atomic E-state index is -0.537. The highest BCUT2D eigenvalue weighted by molar-refractivity contribution is 5.88. The second-order valence-corrected chi connectivity index (χ2v) is 6.49. The van der Waals surface area contributed by atoms with Gasteiger partial charge in [0.1, 0.15) is 5.82 Å². The van der Waals surface area contributed by atoms with Gasteiger partial charge in [-0.1, -0.05) is 25.0 Å². The van der Waals surface area contributed by atoms with E-state index < -0.39 is 11.5 Å². The van der Waals surface area contributed by atoms with Crippen LogP contribution in [0.1, 0.15) is 31.2 Å². The molecule has 1 saturated heterocycles. The van der Waals surface area contributed by atoms with E-state index in [1.807, 2.05) is 0 Å². The summed E-state index contributed by atoms with van der Waals surface area (Å²) in [4.78, 5) is 12.8. The topological polar surface area (TPSA) is 61.4 Å². The summed E-state index contributed by atoms with van der Waals surface area (Å²) in [5.74, 6) is -0.205.